The molecule has 0 spiro atoms. The van der Waals surface area contributed by atoms with Crippen LogP contribution in [0.4, 0.5) is 17.1 Å². The van der Waals surface area contributed by atoms with Crippen LogP contribution in [0.15, 0.2) is 121 Å². The Balaban J connectivity index is 1.07. The maximum Gasteiger partial charge on any atom is 0.247 e. The number of nitrogens with zero attached hydrogens (tertiary/aromatic N) is 1. The zero-order valence-corrected chi connectivity index (χ0v) is 53.1. The number of fused-ring (bicyclic) bond motifs is 9. The minimum Gasteiger partial charge on any atom is -0.311 e. The van der Waals surface area contributed by atoms with Gasteiger partial charge in [-0.25, -0.2) is 0 Å². The maximum absolute atomic E-state index is 2.82. The minimum atomic E-state index is 0.0535. The van der Waals surface area contributed by atoms with Crippen molar-refractivity contribution in [2.24, 2.45) is 5.41 Å². The predicted octanol–water partition coefficient (Wildman–Crippen LogP) is 19.2. The van der Waals surface area contributed by atoms with Gasteiger partial charge in [0.15, 0.2) is 0 Å². The Hall–Kier alpha value is -5.60. The van der Waals surface area contributed by atoms with Crippen LogP contribution in [0, 0.1) is 19.3 Å². The molecule has 2 heterocycles. The van der Waals surface area contributed by atoms with Crippen LogP contribution in [0.25, 0.3) is 11.1 Å². The van der Waals surface area contributed by atoms with Gasteiger partial charge in [0.1, 0.15) is 0 Å². The van der Waals surface area contributed by atoms with Gasteiger partial charge in [0, 0.05) is 28.9 Å². The molecule has 1 saturated carbocycles. The number of hydrogen-bond donors (Lipinski definition) is 0. The molecule has 0 bridgehead atoms. The van der Waals surface area contributed by atoms with E-state index in [4.69, 9.17) is 0 Å². The van der Waals surface area contributed by atoms with E-state index in [2.05, 4.69) is 251 Å². The van der Waals surface area contributed by atoms with E-state index in [0.29, 0.717) is 5.92 Å². The van der Waals surface area contributed by atoms with Gasteiger partial charge in [-0.05, 0) is 220 Å². The lowest BCUT2D eigenvalue weighted by Gasteiger charge is -2.49. The van der Waals surface area contributed by atoms with Crippen molar-refractivity contribution in [2.45, 2.75) is 232 Å². The molecule has 4 atom stereocenters. The Labute approximate surface area is 490 Å². The lowest BCUT2D eigenvalue weighted by atomic mass is 9.30. The summed E-state index contributed by atoms with van der Waals surface area (Å²) in [7, 11) is 0. The Morgan fingerprint density at radius 1 is 0.506 bits per heavy atom. The van der Waals surface area contributed by atoms with Gasteiger partial charge in [0.2, 0.25) is 6.71 Å². The molecule has 13 rings (SSSR count). The van der Waals surface area contributed by atoms with Crippen LogP contribution >= 0.6 is 0 Å². The molecule has 0 amide bonds. The van der Waals surface area contributed by atoms with Crippen molar-refractivity contribution in [3.8, 4) is 11.1 Å². The van der Waals surface area contributed by atoms with Gasteiger partial charge >= 0.3 is 0 Å². The topological polar surface area (TPSA) is 3.24 Å². The van der Waals surface area contributed by atoms with Crippen LogP contribution in [-0.2, 0) is 44.3 Å². The Bertz CT molecular complexity index is 3730. The van der Waals surface area contributed by atoms with Crippen LogP contribution < -0.4 is 21.3 Å². The fraction of sp³-hybridized carbons (Fsp3) is 0.468. The van der Waals surface area contributed by atoms with Crippen LogP contribution in [0.3, 0.4) is 0 Å². The predicted molar refractivity (Wildman–Crippen MR) is 349 cm³/mol. The van der Waals surface area contributed by atoms with Crippen molar-refractivity contribution in [1.82, 2.24) is 0 Å². The molecule has 0 saturated heterocycles. The second-order valence-corrected chi connectivity index (χ2v) is 32.3. The highest BCUT2D eigenvalue weighted by Gasteiger charge is 2.59. The molecule has 2 heteroatoms. The van der Waals surface area contributed by atoms with Crippen LogP contribution in [0.1, 0.15) is 252 Å². The lowest BCUT2D eigenvalue weighted by molar-refractivity contribution is 0.0923. The van der Waals surface area contributed by atoms with Crippen molar-refractivity contribution in [1.29, 1.82) is 0 Å². The first-order valence-corrected chi connectivity index (χ1v) is 31.7. The highest BCUT2D eigenvalue weighted by molar-refractivity contribution is 6.99. The molecule has 4 aliphatic carbocycles. The van der Waals surface area contributed by atoms with E-state index in [1.54, 1.807) is 33.3 Å². The largest absolute Gasteiger partial charge is 0.311 e. The second kappa shape index (κ2) is 18.0. The van der Waals surface area contributed by atoms with E-state index >= 15 is 0 Å². The molecular weight excluding hydrogens is 974 g/mol. The standard InChI is InChI=1S/C79H94BN/c1-48-38-59-55(31-27-51-26-29-53(72(3,4)5)42-57(51)50-24-20-19-21-25-50)58-44-62-63(75(11,12)37-36-74(62,9)10)45-66(58)80-65-33-28-52(70-56-32-30-54(73(6,7)8)43-60(56)78(17)34-22-23-35-79(70,78)18)41-68(65)81(69(39-48)71(59)80)67-46-64-61(40-49(67)2)76(13,14)47-77(64,15)16/h19-21,24-26,28-30,32-33,38-46,55,70H,22-23,27,31,34-37,47H2,1-18H3. The molecule has 2 aliphatic heterocycles. The second-order valence-electron chi connectivity index (χ2n) is 32.3. The van der Waals surface area contributed by atoms with Crippen molar-refractivity contribution >= 4 is 40.2 Å². The first kappa shape index (κ1) is 54.6. The summed E-state index contributed by atoms with van der Waals surface area (Å²) in [4.78, 5) is 2.82. The van der Waals surface area contributed by atoms with Gasteiger partial charge in [-0.3, -0.25) is 0 Å². The van der Waals surface area contributed by atoms with E-state index in [-0.39, 0.29) is 56.0 Å². The summed E-state index contributed by atoms with van der Waals surface area (Å²) < 4.78 is 0. The molecule has 7 aromatic carbocycles. The summed E-state index contributed by atoms with van der Waals surface area (Å²) in [6, 6.07) is 50.5. The van der Waals surface area contributed by atoms with Gasteiger partial charge in [0.25, 0.3) is 0 Å². The first-order valence-electron chi connectivity index (χ1n) is 31.7. The highest BCUT2D eigenvalue weighted by atomic mass is 15.2. The van der Waals surface area contributed by atoms with Crippen LogP contribution in [0.2, 0.25) is 0 Å². The van der Waals surface area contributed by atoms with E-state index in [9.17, 15) is 0 Å². The van der Waals surface area contributed by atoms with Crippen LogP contribution in [-0.4, -0.2) is 6.71 Å². The van der Waals surface area contributed by atoms with E-state index in [0.717, 1.165) is 19.3 Å². The molecule has 0 radical (unpaired) electrons. The Kier molecular flexibility index (Phi) is 12.1. The Morgan fingerprint density at radius 2 is 1.14 bits per heavy atom. The average molecular weight is 1070 g/mol. The van der Waals surface area contributed by atoms with Gasteiger partial charge in [-0.15, -0.1) is 0 Å². The fourth-order valence-electron chi connectivity index (χ4n) is 18.2. The molecule has 6 aliphatic rings. The van der Waals surface area contributed by atoms with Crippen molar-refractivity contribution < 1.29 is 0 Å². The third-order valence-electron chi connectivity index (χ3n) is 22.9. The maximum atomic E-state index is 2.82. The SMILES string of the molecule is Cc1cc2c3c(c1)N(c1cc4c(cc1C)C(C)(C)CC4(C)C)c1cc(C4c5ccc(C(C)(C)C)cc5C5(C)CCCCC45C)ccc1B3c1cc3c(cc1C2CCc1ccc(C(C)(C)C)cc1-c1ccccc1)C(C)(C)CCC3(C)C. The Morgan fingerprint density at radius 3 is 1.83 bits per heavy atom. The van der Waals surface area contributed by atoms with Gasteiger partial charge in [-0.2, -0.15) is 0 Å². The number of aryl methyl sites for hydroxylation is 3. The highest BCUT2D eigenvalue weighted by Crippen LogP contribution is 2.67. The number of rotatable bonds is 6. The van der Waals surface area contributed by atoms with E-state index in [1.807, 2.05) is 0 Å². The van der Waals surface area contributed by atoms with Gasteiger partial charge in [-0.1, -0.05) is 232 Å². The molecule has 0 aromatic heterocycles. The summed E-state index contributed by atoms with van der Waals surface area (Å²) in [5.41, 5.74) is 33.0. The van der Waals surface area contributed by atoms with Gasteiger partial charge < -0.3 is 4.90 Å². The molecular formula is C79H94BN. The van der Waals surface area contributed by atoms with Crippen molar-refractivity contribution in [3.05, 3.63) is 199 Å². The zero-order chi connectivity index (χ0) is 57.5. The molecule has 0 N–H and O–H groups in total. The van der Waals surface area contributed by atoms with E-state index < -0.39 is 0 Å². The molecule has 7 aromatic rings. The molecule has 4 unspecified atom stereocenters. The lowest BCUT2D eigenvalue weighted by Crippen LogP contribution is -2.62. The summed E-state index contributed by atoms with van der Waals surface area (Å²) in [5.74, 6) is 0.521. The quantitative estimate of drug-likeness (QED) is 0.150. The number of benzene rings is 7. The van der Waals surface area contributed by atoms with Crippen molar-refractivity contribution in [3.63, 3.8) is 0 Å². The minimum absolute atomic E-state index is 0.0535. The molecule has 81 heavy (non-hydrogen) atoms. The monoisotopic (exact) mass is 1070 g/mol. The summed E-state index contributed by atoms with van der Waals surface area (Å²) in [6.07, 6.45) is 10.7. The normalized spacial score (nSPS) is 24.1. The van der Waals surface area contributed by atoms with E-state index in [1.165, 1.54) is 128 Å². The number of anilines is 3. The van der Waals surface area contributed by atoms with Crippen molar-refractivity contribution in [2.75, 3.05) is 4.90 Å². The smallest absolute Gasteiger partial charge is 0.247 e. The summed E-state index contributed by atoms with van der Waals surface area (Å²) in [5, 5.41) is 0. The third kappa shape index (κ3) is 8.25. The summed E-state index contributed by atoms with van der Waals surface area (Å²) >= 11 is 0. The third-order valence-corrected chi connectivity index (χ3v) is 22.9. The van der Waals surface area contributed by atoms with Crippen LogP contribution in [0.5, 0.6) is 0 Å². The molecule has 1 fully saturated rings. The first-order chi connectivity index (χ1) is 37.9. The summed E-state index contributed by atoms with van der Waals surface area (Å²) in [6.45, 7) is 44.6. The molecule has 1 nitrogen and oxygen atoms in total. The number of hydrogen-bond acceptors (Lipinski definition) is 1. The zero-order valence-electron chi connectivity index (χ0n) is 53.1. The fourth-order valence-corrected chi connectivity index (χ4v) is 18.2. The average Bonchev–Trinajstić information content (AvgIpc) is 2.03. The van der Waals surface area contributed by atoms with Gasteiger partial charge in [0.05, 0.1) is 0 Å². The molecule has 418 valence electrons.